The van der Waals surface area contributed by atoms with Gasteiger partial charge in [0.25, 0.3) is 0 Å². The molecule has 0 aliphatic heterocycles. The number of rotatable bonds is 0. The lowest BCUT2D eigenvalue weighted by atomic mass is 9.91. The molecule has 0 fully saturated rings. The highest BCUT2D eigenvalue weighted by atomic mass is 79.9. The van der Waals surface area contributed by atoms with Crippen molar-refractivity contribution in [1.29, 1.82) is 0 Å². The van der Waals surface area contributed by atoms with Gasteiger partial charge in [-0.05, 0) is 55.2 Å². The molecule has 0 radical (unpaired) electrons. The standard InChI is InChI=1S/C20H11Br/c21-18-10-7-12-5-6-14-11-13-3-1-2-4-15(13)16-8-9-17(18)19(12)20(14)16/h1-11H. The predicted octanol–water partition coefficient (Wildman–Crippen LogP) is 6.50. The van der Waals surface area contributed by atoms with Crippen molar-refractivity contribution in [1.82, 2.24) is 0 Å². The first-order valence-electron chi connectivity index (χ1n) is 7.08. The molecule has 0 aliphatic carbocycles. The zero-order valence-electron chi connectivity index (χ0n) is 11.2. The van der Waals surface area contributed by atoms with Crippen LogP contribution < -0.4 is 0 Å². The lowest BCUT2D eigenvalue weighted by Crippen LogP contribution is -1.86. The summed E-state index contributed by atoms with van der Waals surface area (Å²) in [4.78, 5) is 0. The first kappa shape index (κ1) is 11.5. The van der Waals surface area contributed by atoms with Crippen molar-refractivity contribution >= 4 is 59.0 Å². The van der Waals surface area contributed by atoms with Crippen molar-refractivity contribution in [3.05, 3.63) is 71.2 Å². The highest BCUT2D eigenvalue weighted by Crippen LogP contribution is 2.40. The van der Waals surface area contributed by atoms with Crippen LogP contribution in [0.15, 0.2) is 71.2 Å². The summed E-state index contributed by atoms with van der Waals surface area (Å²) in [6.07, 6.45) is 0. The largest absolute Gasteiger partial charge is 0.0616 e. The molecule has 5 aromatic carbocycles. The fourth-order valence-electron chi connectivity index (χ4n) is 3.52. The SMILES string of the molecule is Brc1ccc2ccc3cc4ccccc4c4ccc1c2c34. The van der Waals surface area contributed by atoms with Crippen molar-refractivity contribution in [2.45, 2.75) is 0 Å². The number of benzene rings is 5. The van der Waals surface area contributed by atoms with E-state index in [0.717, 1.165) is 4.47 Å². The molecule has 5 rings (SSSR count). The molecule has 0 nitrogen and oxygen atoms in total. The first-order valence-corrected chi connectivity index (χ1v) is 7.87. The molecule has 0 atom stereocenters. The molecule has 0 aromatic heterocycles. The second-order valence-corrected chi connectivity index (χ2v) is 6.42. The Morgan fingerprint density at radius 2 is 1.24 bits per heavy atom. The highest BCUT2D eigenvalue weighted by molar-refractivity contribution is 9.10. The molecule has 0 saturated heterocycles. The van der Waals surface area contributed by atoms with Gasteiger partial charge < -0.3 is 0 Å². The summed E-state index contributed by atoms with van der Waals surface area (Å²) < 4.78 is 1.16. The summed E-state index contributed by atoms with van der Waals surface area (Å²) in [6.45, 7) is 0. The Morgan fingerprint density at radius 3 is 2.19 bits per heavy atom. The van der Waals surface area contributed by atoms with Crippen LogP contribution in [0.25, 0.3) is 43.1 Å². The van der Waals surface area contributed by atoms with Gasteiger partial charge in [-0.25, -0.2) is 0 Å². The lowest BCUT2D eigenvalue weighted by molar-refractivity contribution is 1.75. The number of hydrogen-bond acceptors (Lipinski definition) is 0. The van der Waals surface area contributed by atoms with Crippen molar-refractivity contribution in [2.24, 2.45) is 0 Å². The Kier molecular flexibility index (Phi) is 2.17. The molecule has 0 bridgehead atoms. The van der Waals surface area contributed by atoms with E-state index >= 15 is 0 Å². The van der Waals surface area contributed by atoms with Crippen LogP contribution in [0, 0.1) is 0 Å². The Bertz CT molecular complexity index is 1140. The average molecular weight is 331 g/mol. The van der Waals surface area contributed by atoms with Gasteiger partial charge in [0.05, 0.1) is 0 Å². The van der Waals surface area contributed by atoms with Gasteiger partial charge in [0.2, 0.25) is 0 Å². The maximum Gasteiger partial charge on any atom is 0.0254 e. The van der Waals surface area contributed by atoms with E-state index in [1.54, 1.807) is 0 Å². The zero-order valence-corrected chi connectivity index (χ0v) is 12.8. The van der Waals surface area contributed by atoms with E-state index in [1.165, 1.54) is 43.1 Å². The van der Waals surface area contributed by atoms with Crippen LogP contribution >= 0.6 is 15.9 Å². The van der Waals surface area contributed by atoms with E-state index in [9.17, 15) is 0 Å². The monoisotopic (exact) mass is 330 g/mol. The highest BCUT2D eigenvalue weighted by Gasteiger charge is 2.11. The normalized spacial score (nSPS) is 12.0. The van der Waals surface area contributed by atoms with E-state index in [-0.39, 0.29) is 0 Å². The number of fused-ring (bicyclic) bond motifs is 2. The molecule has 21 heavy (non-hydrogen) atoms. The lowest BCUT2D eigenvalue weighted by Gasteiger charge is -2.13. The van der Waals surface area contributed by atoms with E-state index in [1.807, 2.05) is 0 Å². The quantitative estimate of drug-likeness (QED) is 0.224. The summed E-state index contributed by atoms with van der Waals surface area (Å²) in [5, 5.41) is 10.7. The smallest absolute Gasteiger partial charge is 0.0254 e. The summed E-state index contributed by atoms with van der Waals surface area (Å²) in [5.74, 6) is 0. The fourth-order valence-corrected chi connectivity index (χ4v) is 3.98. The van der Waals surface area contributed by atoms with Gasteiger partial charge in [-0.2, -0.15) is 0 Å². The van der Waals surface area contributed by atoms with Crippen molar-refractivity contribution in [3.63, 3.8) is 0 Å². The van der Waals surface area contributed by atoms with Crippen molar-refractivity contribution in [3.8, 4) is 0 Å². The predicted molar refractivity (Wildman–Crippen MR) is 95.4 cm³/mol. The minimum atomic E-state index is 1.16. The maximum atomic E-state index is 3.69. The third kappa shape index (κ3) is 1.44. The second-order valence-electron chi connectivity index (χ2n) is 5.57. The van der Waals surface area contributed by atoms with Crippen LogP contribution in [-0.4, -0.2) is 0 Å². The zero-order chi connectivity index (χ0) is 14.0. The van der Waals surface area contributed by atoms with Crippen molar-refractivity contribution in [2.75, 3.05) is 0 Å². The van der Waals surface area contributed by atoms with Crippen molar-refractivity contribution < 1.29 is 0 Å². The van der Waals surface area contributed by atoms with Crippen LogP contribution in [0.2, 0.25) is 0 Å². The molecule has 0 aliphatic rings. The molecule has 5 aromatic rings. The Hall–Kier alpha value is -2.12. The minimum Gasteiger partial charge on any atom is -0.0616 e. The third-order valence-corrected chi connectivity index (χ3v) is 5.15. The average Bonchev–Trinajstić information content (AvgIpc) is 2.54. The van der Waals surface area contributed by atoms with E-state index in [0.29, 0.717) is 0 Å². The van der Waals surface area contributed by atoms with Crippen LogP contribution in [0.3, 0.4) is 0 Å². The molecular formula is C20H11Br. The molecule has 0 N–H and O–H groups in total. The van der Waals surface area contributed by atoms with Gasteiger partial charge in [0, 0.05) is 4.47 Å². The summed E-state index contributed by atoms with van der Waals surface area (Å²) in [7, 11) is 0. The van der Waals surface area contributed by atoms with Crippen LogP contribution in [0.5, 0.6) is 0 Å². The fraction of sp³-hybridized carbons (Fsp3) is 0. The van der Waals surface area contributed by atoms with Crippen LogP contribution in [0.1, 0.15) is 0 Å². The van der Waals surface area contributed by atoms with Crippen LogP contribution in [-0.2, 0) is 0 Å². The molecule has 0 amide bonds. The molecule has 0 unspecified atom stereocenters. The summed E-state index contributed by atoms with van der Waals surface area (Å²) in [5.41, 5.74) is 0. The van der Waals surface area contributed by atoms with Gasteiger partial charge in [0.15, 0.2) is 0 Å². The number of hydrogen-bond donors (Lipinski definition) is 0. The molecule has 1 heteroatoms. The second kappa shape index (κ2) is 3.96. The van der Waals surface area contributed by atoms with E-state index in [2.05, 4.69) is 82.7 Å². The molecule has 0 heterocycles. The topological polar surface area (TPSA) is 0 Å². The maximum absolute atomic E-state index is 3.69. The molecule has 98 valence electrons. The van der Waals surface area contributed by atoms with Gasteiger partial charge in [-0.1, -0.05) is 70.5 Å². The first-order chi connectivity index (χ1) is 10.3. The van der Waals surface area contributed by atoms with E-state index in [4.69, 9.17) is 0 Å². The van der Waals surface area contributed by atoms with Crippen LogP contribution in [0.4, 0.5) is 0 Å². The summed E-state index contributed by atoms with van der Waals surface area (Å²) in [6, 6.07) is 24.2. The van der Waals surface area contributed by atoms with Gasteiger partial charge in [-0.15, -0.1) is 0 Å². The Labute approximate surface area is 130 Å². The minimum absolute atomic E-state index is 1.16. The van der Waals surface area contributed by atoms with E-state index < -0.39 is 0 Å². The Morgan fingerprint density at radius 1 is 0.524 bits per heavy atom. The Balaban J connectivity index is 2.21. The van der Waals surface area contributed by atoms with Gasteiger partial charge in [0.1, 0.15) is 0 Å². The summed E-state index contributed by atoms with van der Waals surface area (Å²) >= 11 is 3.69. The molecule has 0 spiro atoms. The van der Waals surface area contributed by atoms with Gasteiger partial charge in [-0.3, -0.25) is 0 Å². The van der Waals surface area contributed by atoms with Gasteiger partial charge >= 0.3 is 0 Å². The molecular weight excluding hydrogens is 320 g/mol. The number of halogens is 1. The third-order valence-electron chi connectivity index (χ3n) is 4.45. The molecule has 0 saturated carbocycles.